The van der Waals surface area contributed by atoms with Crippen molar-refractivity contribution in [2.24, 2.45) is 23.2 Å². The molecule has 0 aromatic heterocycles. The van der Waals surface area contributed by atoms with Gasteiger partial charge in [-0.3, -0.25) is 14.4 Å². The highest BCUT2D eigenvalue weighted by Crippen LogP contribution is 2.25. The van der Waals surface area contributed by atoms with Gasteiger partial charge in [0.15, 0.2) is 0 Å². The summed E-state index contributed by atoms with van der Waals surface area (Å²) in [5.74, 6) is 1.44. The topological polar surface area (TPSA) is 91.4 Å². The van der Waals surface area contributed by atoms with Crippen molar-refractivity contribution in [3.05, 3.63) is 0 Å². The largest absolute Gasteiger partial charge is 0.466 e. The number of ether oxygens (including phenoxy) is 4. The van der Waals surface area contributed by atoms with E-state index in [1.54, 1.807) is 0 Å². The maximum absolute atomic E-state index is 13.1. The van der Waals surface area contributed by atoms with Gasteiger partial charge in [0, 0.05) is 19.4 Å². The van der Waals surface area contributed by atoms with Crippen LogP contribution < -0.4 is 0 Å². The summed E-state index contributed by atoms with van der Waals surface area (Å²) in [4.78, 5) is 40.1. The van der Waals surface area contributed by atoms with Gasteiger partial charge in [0.05, 0.1) is 38.4 Å². The number of unbranched alkanes of at least 4 members (excludes halogenated alkanes) is 16. The molecular formula is C53H103NO7. The lowest BCUT2D eigenvalue weighted by molar-refractivity contribution is -0.159. The zero-order chi connectivity index (χ0) is 45.2. The number of likely N-dealkylation sites (N-methyl/N-ethyl adjacent to an activating group) is 1. The summed E-state index contributed by atoms with van der Waals surface area (Å²) < 4.78 is 23.1. The summed E-state index contributed by atoms with van der Waals surface area (Å²) in [6.07, 6.45) is 36.0. The average molecular weight is 866 g/mol. The van der Waals surface area contributed by atoms with E-state index in [9.17, 15) is 14.4 Å². The fourth-order valence-electron chi connectivity index (χ4n) is 8.22. The first-order valence-electron chi connectivity index (χ1n) is 26.2. The molecular weight excluding hydrogens is 763 g/mol. The summed E-state index contributed by atoms with van der Waals surface area (Å²) in [6.45, 7) is 16.2. The van der Waals surface area contributed by atoms with Gasteiger partial charge >= 0.3 is 17.9 Å². The Labute approximate surface area is 378 Å². The summed E-state index contributed by atoms with van der Waals surface area (Å²) in [5, 5.41) is 0. The first-order valence-corrected chi connectivity index (χ1v) is 26.2. The van der Waals surface area contributed by atoms with E-state index >= 15 is 0 Å². The molecule has 0 rings (SSSR count). The molecule has 0 aromatic carbocycles. The Hall–Kier alpha value is -1.67. The Balaban J connectivity index is 4.64. The van der Waals surface area contributed by atoms with Gasteiger partial charge in [-0.2, -0.15) is 0 Å². The molecule has 0 aliphatic carbocycles. The molecule has 8 heteroatoms. The first kappa shape index (κ1) is 59.3. The number of hydrogen-bond acceptors (Lipinski definition) is 8. The van der Waals surface area contributed by atoms with E-state index in [1.807, 2.05) is 27.9 Å². The molecule has 0 saturated carbocycles. The fourth-order valence-corrected chi connectivity index (χ4v) is 8.22. The van der Waals surface area contributed by atoms with Crippen molar-refractivity contribution in [1.82, 2.24) is 4.90 Å². The lowest BCUT2D eigenvalue weighted by Crippen LogP contribution is -2.33. The highest BCUT2D eigenvalue weighted by molar-refractivity contribution is 5.76. The number of hydrogen-bond donors (Lipinski definition) is 0. The molecule has 8 nitrogen and oxygen atoms in total. The fraction of sp³-hybridized carbons (Fsp3) is 0.943. The van der Waals surface area contributed by atoms with Gasteiger partial charge in [-0.1, -0.05) is 182 Å². The lowest BCUT2D eigenvalue weighted by atomic mass is 9.92. The van der Waals surface area contributed by atoms with Gasteiger partial charge in [-0.15, -0.1) is 0 Å². The summed E-state index contributed by atoms with van der Waals surface area (Å²) in [7, 11) is 4.03. The molecule has 362 valence electrons. The van der Waals surface area contributed by atoms with Crippen LogP contribution in [0.5, 0.6) is 0 Å². The van der Waals surface area contributed by atoms with Gasteiger partial charge in [0.25, 0.3) is 0 Å². The van der Waals surface area contributed by atoms with Crippen LogP contribution in [0.2, 0.25) is 0 Å². The minimum atomic E-state index is -0.685. The van der Waals surface area contributed by atoms with Crippen molar-refractivity contribution in [1.29, 1.82) is 0 Å². The van der Waals surface area contributed by atoms with Crippen LogP contribution in [0.4, 0.5) is 0 Å². The van der Waals surface area contributed by atoms with Gasteiger partial charge < -0.3 is 23.8 Å². The third-order valence-corrected chi connectivity index (χ3v) is 12.6. The van der Waals surface area contributed by atoms with Crippen LogP contribution >= 0.6 is 0 Å². The number of carbonyl (C=O) groups excluding carboxylic acids is 3. The standard InChI is InChI=1S/C53H103NO7/c1-9-13-23-31-47(32-24-14-10-2)39-42-59-50(55)37-29-21-17-19-27-35-49(45-61-52(57)53(5,6)46-58-44-41-54(7)8)36-28-20-18-22-30-38-51(56)60-43-40-48(33-25-15-11-3)34-26-16-12-4/h47-49H,9-46H2,1-8H3. The van der Waals surface area contributed by atoms with Crippen molar-refractivity contribution >= 4 is 17.9 Å². The van der Waals surface area contributed by atoms with Crippen LogP contribution in [-0.2, 0) is 33.3 Å². The molecule has 0 aromatic rings. The van der Waals surface area contributed by atoms with Crippen molar-refractivity contribution in [3.63, 3.8) is 0 Å². The second-order valence-corrected chi connectivity index (χ2v) is 19.6. The summed E-state index contributed by atoms with van der Waals surface area (Å²) in [6, 6.07) is 0. The minimum Gasteiger partial charge on any atom is -0.466 e. The van der Waals surface area contributed by atoms with Crippen LogP contribution in [0.25, 0.3) is 0 Å². The van der Waals surface area contributed by atoms with E-state index in [2.05, 4.69) is 32.6 Å². The van der Waals surface area contributed by atoms with Crippen molar-refractivity contribution in [3.8, 4) is 0 Å². The van der Waals surface area contributed by atoms with Crippen LogP contribution in [0.1, 0.15) is 247 Å². The van der Waals surface area contributed by atoms with E-state index in [0.29, 0.717) is 63.6 Å². The molecule has 0 N–H and O–H groups in total. The molecule has 0 aliphatic heterocycles. The third kappa shape index (κ3) is 38.5. The van der Waals surface area contributed by atoms with Gasteiger partial charge in [0.2, 0.25) is 0 Å². The molecule has 0 unspecified atom stereocenters. The molecule has 0 saturated heterocycles. The molecule has 0 atom stereocenters. The van der Waals surface area contributed by atoms with Crippen molar-refractivity contribution < 1.29 is 33.3 Å². The maximum atomic E-state index is 13.1. The average Bonchev–Trinajstić information content (AvgIpc) is 3.23. The number of rotatable bonds is 46. The monoisotopic (exact) mass is 866 g/mol. The third-order valence-electron chi connectivity index (χ3n) is 12.6. The first-order chi connectivity index (χ1) is 29.5. The van der Waals surface area contributed by atoms with Crippen LogP contribution in [0, 0.1) is 23.2 Å². The Kier molecular flexibility index (Phi) is 41.1. The quantitative estimate of drug-likeness (QED) is 0.0339. The molecule has 0 amide bonds. The van der Waals surface area contributed by atoms with E-state index in [1.165, 1.54) is 103 Å². The SMILES string of the molecule is CCCCCC(CCCCC)CCOC(=O)CCCCCCCC(CCCCCCCC(=O)OCCC(CCCCC)CCCCC)COC(=O)C(C)(C)COCCN(C)C. The summed E-state index contributed by atoms with van der Waals surface area (Å²) >= 11 is 0. The number of nitrogens with zero attached hydrogens (tertiary/aromatic N) is 1. The van der Waals surface area contributed by atoms with Crippen molar-refractivity contribution in [2.45, 2.75) is 247 Å². The minimum absolute atomic E-state index is 0.0385. The number of carbonyl (C=O) groups is 3. The molecule has 0 heterocycles. The molecule has 0 fully saturated rings. The molecule has 0 spiro atoms. The van der Waals surface area contributed by atoms with Crippen molar-refractivity contribution in [2.75, 3.05) is 53.7 Å². The Bertz CT molecular complexity index is 925. The molecule has 0 radical (unpaired) electrons. The van der Waals surface area contributed by atoms with Crippen LogP contribution in [-0.4, -0.2) is 76.5 Å². The van der Waals surface area contributed by atoms with Crippen LogP contribution in [0.15, 0.2) is 0 Å². The second-order valence-electron chi connectivity index (χ2n) is 19.6. The van der Waals surface area contributed by atoms with Gasteiger partial charge in [0.1, 0.15) is 0 Å². The highest BCUT2D eigenvalue weighted by Gasteiger charge is 2.30. The van der Waals surface area contributed by atoms with E-state index in [0.717, 1.165) is 96.4 Å². The zero-order valence-electron chi connectivity index (χ0n) is 41.9. The Morgan fingerprint density at radius 3 is 1.20 bits per heavy atom. The smallest absolute Gasteiger partial charge is 0.313 e. The molecule has 0 aliphatic rings. The van der Waals surface area contributed by atoms with E-state index in [4.69, 9.17) is 18.9 Å². The van der Waals surface area contributed by atoms with Gasteiger partial charge in [-0.05, 0) is 84.2 Å². The van der Waals surface area contributed by atoms with Crippen LogP contribution in [0.3, 0.4) is 0 Å². The molecule has 61 heavy (non-hydrogen) atoms. The normalized spacial score (nSPS) is 12.0. The predicted molar refractivity (Wildman–Crippen MR) is 257 cm³/mol. The highest BCUT2D eigenvalue weighted by atomic mass is 16.5. The Morgan fingerprint density at radius 2 is 0.803 bits per heavy atom. The van der Waals surface area contributed by atoms with E-state index < -0.39 is 5.41 Å². The second kappa shape index (κ2) is 42.3. The zero-order valence-corrected chi connectivity index (χ0v) is 41.9. The van der Waals surface area contributed by atoms with E-state index in [-0.39, 0.29) is 17.9 Å². The summed E-state index contributed by atoms with van der Waals surface area (Å²) in [5.41, 5.74) is -0.685. The van der Waals surface area contributed by atoms with Gasteiger partial charge in [-0.25, -0.2) is 0 Å². The number of esters is 3. The maximum Gasteiger partial charge on any atom is 0.313 e. The lowest BCUT2D eigenvalue weighted by Gasteiger charge is -2.25. The Morgan fingerprint density at radius 1 is 0.443 bits per heavy atom. The predicted octanol–water partition coefficient (Wildman–Crippen LogP) is 14.6. The molecule has 0 bridgehead atoms.